The Morgan fingerprint density at radius 3 is 2.14 bits per heavy atom. The largest absolute Gasteiger partial charge is 0.394 e. The lowest BCUT2D eigenvalue weighted by atomic mass is 9.86. The summed E-state index contributed by atoms with van der Waals surface area (Å²) in [6.07, 6.45) is -0.184. The first-order valence-electron chi connectivity index (χ1n) is 7.93. The Labute approximate surface area is 131 Å². The van der Waals surface area contributed by atoms with Gasteiger partial charge in [-0.1, -0.05) is 19.3 Å². The Morgan fingerprint density at radius 2 is 1.59 bits per heavy atom. The molecule has 1 amide bonds. The number of aliphatic hydroxyl groups excluding tert-OH is 5. The SMILES string of the molecule is CN(CC(O)C(O)C(O)C(O)CO)C(=O)CC1CCCCC1. The van der Waals surface area contributed by atoms with Crippen molar-refractivity contribution in [1.82, 2.24) is 4.90 Å². The lowest BCUT2D eigenvalue weighted by Gasteiger charge is -2.29. The molecule has 0 saturated heterocycles. The number of carbonyl (C=O) groups is 1. The van der Waals surface area contributed by atoms with Gasteiger partial charge >= 0.3 is 0 Å². The normalized spacial score (nSPS) is 21.9. The Hall–Kier alpha value is -0.730. The molecule has 0 aromatic carbocycles. The lowest BCUT2D eigenvalue weighted by Crippen LogP contribution is -2.50. The second-order valence-electron chi connectivity index (χ2n) is 6.28. The van der Waals surface area contributed by atoms with Crippen LogP contribution in [-0.4, -0.2) is 81.0 Å². The van der Waals surface area contributed by atoms with Gasteiger partial charge in [-0.05, 0) is 18.8 Å². The van der Waals surface area contributed by atoms with Gasteiger partial charge in [0.25, 0.3) is 0 Å². The summed E-state index contributed by atoms with van der Waals surface area (Å²) in [7, 11) is 1.54. The van der Waals surface area contributed by atoms with E-state index in [1.165, 1.54) is 18.4 Å². The van der Waals surface area contributed by atoms with E-state index < -0.39 is 31.0 Å². The number of hydrogen-bond donors (Lipinski definition) is 5. The minimum absolute atomic E-state index is 0.102. The van der Waals surface area contributed by atoms with E-state index >= 15 is 0 Å². The van der Waals surface area contributed by atoms with Crippen molar-refractivity contribution < 1.29 is 30.3 Å². The number of rotatable bonds is 8. The molecule has 7 nitrogen and oxygen atoms in total. The summed E-state index contributed by atoms with van der Waals surface area (Å²) in [6.45, 7) is -0.858. The summed E-state index contributed by atoms with van der Waals surface area (Å²) >= 11 is 0. The molecule has 0 aromatic heterocycles. The zero-order valence-corrected chi connectivity index (χ0v) is 13.1. The van der Waals surface area contributed by atoms with E-state index in [0.717, 1.165) is 25.7 Å². The fourth-order valence-corrected chi connectivity index (χ4v) is 2.85. The predicted octanol–water partition coefficient (Wildman–Crippen LogP) is -1.15. The molecular weight excluding hydrogens is 290 g/mol. The zero-order valence-electron chi connectivity index (χ0n) is 13.1. The highest BCUT2D eigenvalue weighted by Crippen LogP contribution is 2.26. The number of carbonyl (C=O) groups excluding carboxylic acids is 1. The molecule has 0 radical (unpaired) electrons. The molecule has 22 heavy (non-hydrogen) atoms. The molecule has 0 aliphatic heterocycles. The molecule has 130 valence electrons. The van der Waals surface area contributed by atoms with Crippen molar-refractivity contribution >= 4 is 5.91 Å². The zero-order chi connectivity index (χ0) is 16.7. The Bertz CT molecular complexity index is 334. The molecule has 1 saturated carbocycles. The smallest absolute Gasteiger partial charge is 0.222 e. The number of nitrogens with zero attached hydrogens (tertiary/aromatic N) is 1. The molecule has 0 spiro atoms. The van der Waals surface area contributed by atoms with Crippen LogP contribution in [0.25, 0.3) is 0 Å². The van der Waals surface area contributed by atoms with Crippen molar-refractivity contribution in [2.45, 2.75) is 62.9 Å². The van der Waals surface area contributed by atoms with Crippen LogP contribution in [0.4, 0.5) is 0 Å². The van der Waals surface area contributed by atoms with E-state index in [0.29, 0.717) is 12.3 Å². The molecule has 1 aliphatic carbocycles. The van der Waals surface area contributed by atoms with Crippen LogP contribution in [0.3, 0.4) is 0 Å². The van der Waals surface area contributed by atoms with Crippen molar-refractivity contribution in [3.05, 3.63) is 0 Å². The van der Waals surface area contributed by atoms with Gasteiger partial charge in [-0.15, -0.1) is 0 Å². The first-order chi connectivity index (χ1) is 10.4. The third-order valence-electron chi connectivity index (χ3n) is 4.40. The van der Waals surface area contributed by atoms with Gasteiger partial charge in [0.1, 0.15) is 24.4 Å². The average molecular weight is 319 g/mol. The highest BCUT2D eigenvalue weighted by molar-refractivity contribution is 5.76. The molecule has 1 rings (SSSR count). The lowest BCUT2D eigenvalue weighted by molar-refractivity contribution is -0.139. The summed E-state index contributed by atoms with van der Waals surface area (Å²) < 4.78 is 0. The molecule has 4 unspecified atom stereocenters. The van der Waals surface area contributed by atoms with E-state index in [1.807, 2.05) is 0 Å². The van der Waals surface area contributed by atoms with Gasteiger partial charge in [-0.3, -0.25) is 4.79 Å². The Kier molecular flexibility index (Phi) is 8.27. The second kappa shape index (κ2) is 9.42. The molecule has 7 heteroatoms. The van der Waals surface area contributed by atoms with E-state index in [2.05, 4.69) is 0 Å². The molecule has 5 N–H and O–H groups in total. The monoisotopic (exact) mass is 319 g/mol. The van der Waals surface area contributed by atoms with Gasteiger partial charge in [0, 0.05) is 20.0 Å². The van der Waals surface area contributed by atoms with Crippen molar-refractivity contribution in [2.24, 2.45) is 5.92 Å². The summed E-state index contributed by atoms with van der Waals surface area (Å²) in [5.74, 6) is 0.280. The topological polar surface area (TPSA) is 121 Å². The van der Waals surface area contributed by atoms with Gasteiger partial charge < -0.3 is 30.4 Å². The maximum atomic E-state index is 12.1. The van der Waals surface area contributed by atoms with Gasteiger partial charge in [0.05, 0.1) is 6.61 Å². The standard InChI is InChI=1S/C15H29NO6/c1-16(13(20)7-10-5-3-2-4-6-10)8-11(18)14(21)15(22)12(19)9-17/h10-12,14-15,17-19,21-22H,2-9H2,1H3. The number of likely N-dealkylation sites (N-methyl/N-ethyl adjacent to an activating group) is 1. The summed E-state index contributed by atoms with van der Waals surface area (Å²) in [6, 6.07) is 0. The van der Waals surface area contributed by atoms with Crippen molar-refractivity contribution in [3.63, 3.8) is 0 Å². The molecule has 4 atom stereocenters. The maximum absolute atomic E-state index is 12.1. The number of amides is 1. The molecule has 0 heterocycles. The Balaban J connectivity index is 2.41. The van der Waals surface area contributed by atoms with Gasteiger partial charge in [-0.2, -0.15) is 0 Å². The van der Waals surface area contributed by atoms with Gasteiger partial charge in [-0.25, -0.2) is 0 Å². The predicted molar refractivity (Wildman–Crippen MR) is 79.9 cm³/mol. The van der Waals surface area contributed by atoms with Crippen LogP contribution in [0.2, 0.25) is 0 Å². The van der Waals surface area contributed by atoms with Crippen molar-refractivity contribution in [1.29, 1.82) is 0 Å². The van der Waals surface area contributed by atoms with E-state index in [-0.39, 0.29) is 12.5 Å². The minimum Gasteiger partial charge on any atom is -0.394 e. The van der Waals surface area contributed by atoms with E-state index in [4.69, 9.17) is 5.11 Å². The third kappa shape index (κ3) is 5.81. The fourth-order valence-electron chi connectivity index (χ4n) is 2.85. The number of hydrogen-bond acceptors (Lipinski definition) is 6. The van der Waals surface area contributed by atoms with Crippen LogP contribution >= 0.6 is 0 Å². The highest BCUT2D eigenvalue weighted by Gasteiger charge is 2.31. The summed E-state index contributed by atoms with van der Waals surface area (Å²) in [5.41, 5.74) is 0. The van der Waals surface area contributed by atoms with E-state index in [9.17, 15) is 25.2 Å². The molecule has 0 aromatic rings. The van der Waals surface area contributed by atoms with Gasteiger partial charge in [0.2, 0.25) is 5.91 Å². The van der Waals surface area contributed by atoms with Crippen LogP contribution in [0.5, 0.6) is 0 Å². The first kappa shape index (κ1) is 19.3. The van der Waals surface area contributed by atoms with Crippen LogP contribution < -0.4 is 0 Å². The Morgan fingerprint density at radius 1 is 1.05 bits per heavy atom. The molecule has 0 bridgehead atoms. The van der Waals surface area contributed by atoms with Crippen molar-refractivity contribution in [3.8, 4) is 0 Å². The maximum Gasteiger partial charge on any atom is 0.222 e. The first-order valence-corrected chi connectivity index (χ1v) is 7.93. The number of aliphatic hydroxyl groups is 5. The molecule has 1 aliphatic rings. The summed E-state index contributed by atoms with van der Waals surface area (Å²) in [5, 5.41) is 47.1. The average Bonchev–Trinajstić information content (AvgIpc) is 2.53. The fraction of sp³-hybridized carbons (Fsp3) is 0.933. The second-order valence-corrected chi connectivity index (χ2v) is 6.28. The van der Waals surface area contributed by atoms with Crippen LogP contribution in [0, 0.1) is 5.92 Å². The van der Waals surface area contributed by atoms with Crippen LogP contribution in [-0.2, 0) is 4.79 Å². The van der Waals surface area contributed by atoms with Crippen molar-refractivity contribution in [2.75, 3.05) is 20.2 Å². The third-order valence-corrected chi connectivity index (χ3v) is 4.40. The van der Waals surface area contributed by atoms with Crippen LogP contribution in [0.1, 0.15) is 38.5 Å². The van der Waals surface area contributed by atoms with E-state index in [1.54, 1.807) is 0 Å². The molecular formula is C15H29NO6. The highest BCUT2D eigenvalue weighted by atomic mass is 16.4. The quantitative estimate of drug-likeness (QED) is 0.385. The molecule has 1 fully saturated rings. The summed E-state index contributed by atoms with van der Waals surface area (Å²) in [4.78, 5) is 13.4. The van der Waals surface area contributed by atoms with Crippen LogP contribution in [0.15, 0.2) is 0 Å². The van der Waals surface area contributed by atoms with Gasteiger partial charge in [0.15, 0.2) is 0 Å². The minimum atomic E-state index is -1.66.